The molecule has 0 aromatic heterocycles. The van der Waals surface area contributed by atoms with Crippen LogP contribution in [0.2, 0.25) is 5.02 Å². The van der Waals surface area contributed by atoms with E-state index < -0.39 is 5.82 Å². The fourth-order valence-electron chi connectivity index (χ4n) is 1.38. The molecule has 2 N–H and O–H groups in total. The number of halogens is 2. The van der Waals surface area contributed by atoms with Gasteiger partial charge in [-0.25, -0.2) is 4.39 Å². The average molecular weight is 202 g/mol. The molecule has 1 unspecified atom stereocenters. The third-order valence-corrected chi connectivity index (χ3v) is 2.56. The van der Waals surface area contributed by atoms with Crippen LogP contribution in [0.3, 0.4) is 0 Å². The lowest BCUT2D eigenvalue weighted by atomic mass is 9.97. The van der Waals surface area contributed by atoms with E-state index in [9.17, 15) is 9.50 Å². The Balaban J connectivity index is 2.39. The molecule has 0 amide bonds. The smallest absolute Gasteiger partial charge is 0.142 e. The zero-order valence-electron chi connectivity index (χ0n) is 6.85. The second kappa shape index (κ2) is 3.16. The minimum absolute atomic E-state index is 0.0411. The summed E-state index contributed by atoms with van der Waals surface area (Å²) in [6.45, 7) is 0.911. The van der Waals surface area contributed by atoms with Gasteiger partial charge in [0.25, 0.3) is 0 Å². The molecule has 2 rings (SSSR count). The Bertz CT molecular complexity index is 339. The van der Waals surface area contributed by atoms with E-state index in [2.05, 4.69) is 5.32 Å². The van der Waals surface area contributed by atoms with E-state index in [1.165, 1.54) is 12.1 Å². The minimum Gasteiger partial charge on any atom is -0.508 e. The number of phenols is 1. The van der Waals surface area contributed by atoms with Crippen molar-refractivity contribution < 1.29 is 9.50 Å². The molecule has 0 aliphatic carbocycles. The summed E-state index contributed by atoms with van der Waals surface area (Å²) in [6.07, 6.45) is 0.925. The normalized spacial score (nSPS) is 21.2. The van der Waals surface area contributed by atoms with Crippen molar-refractivity contribution in [3.05, 3.63) is 28.5 Å². The molecule has 1 saturated heterocycles. The second-order valence-electron chi connectivity index (χ2n) is 3.12. The second-order valence-corrected chi connectivity index (χ2v) is 3.53. The highest BCUT2D eigenvalue weighted by atomic mass is 35.5. The Kier molecular flexibility index (Phi) is 2.14. The molecule has 0 radical (unpaired) electrons. The summed E-state index contributed by atoms with van der Waals surface area (Å²) >= 11 is 5.50. The van der Waals surface area contributed by atoms with Crippen molar-refractivity contribution in [3.8, 4) is 5.75 Å². The van der Waals surface area contributed by atoms with Gasteiger partial charge < -0.3 is 10.4 Å². The Morgan fingerprint density at radius 3 is 2.77 bits per heavy atom. The molecule has 1 aliphatic rings. The fourth-order valence-corrected chi connectivity index (χ4v) is 1.54. The summed E-state index contributed by atoms with van der Waals surface area (Å²) in [6, 6.07) is 2.60. The van der Waals surface area contributed by atoms with Crippen LogP contribution >= 0.6 is 11.6 Å². The van der Waals surface area contributed by atoms with E-state index in [4.69, 9.17) is 11.6 Å². The highest BCUT2D eigenvalue weighted by Crippen LogP contribution is 2.33. The van der Waals surface area contributed by atoms with Gasteiger partial charge in [0.05, 0.1) is 5.02 Å². The predicted octanol–water partition coefficient (Wildman–Crippen LogP) is 2.22. The van der Waals surface area contributed by atoms with Gasteiger partial charge in [0, 0.05) is 17.7 Å². The molecule has 0 bridgehead atoms. The first-order valence-corrected chi connectivity index (χ1v) is 4.47. The Labute approximate surface area is 80.3 Å². The average Bonchev–Trinajstić information content (AvgIpc) is 1.96. The molecule has 13 heavy (non-hydrogen) atoms. The fraction of sp³-hybridized carbons (Fsp3) is 0.333. The van der Waals surface area contributed by atoms with Crippen molar-refractivity contribution in [2.75, 3.05) is 6.54 Å². The van der Waals surface area contributed by atoms with Crippen LogP contribution in [0.25, 0.3) is 0 Å². The molecule has 70 valence electrons. The Morgan fingerprint density at radius 1 is 1.54 bits per heavy atom. The Hall–Kier alpha value is -0.800. The monoisotopic (exact) mass is 201 g/mol. The van der Waals surface area contributed by atoms with Gasteiger partial charge in [-0.05, 0) is 19.0 Å². The van der Waals surface area contributed by atoms with Crippen LogP contribution in [-0.2, 0) is 0 Å². The van der Waals surface area contributed by atoms with E-state index >= 15 is 0 Å². The number of rotatable bonds is 1. The van der Waals surface area contributed by atoms with Crippen LogP contribution in [0, 0.1) is 5.82 Å². The lowest BCUT2D eigenvalue weighted by Crippen LogP contribution is -2.35. The maximum Gasteiger partial charge on any atom is 0.142 e. The number of phenolic OH excluding ortho intramolecular Hbond substituents is 1. The molecular weight excluding hydrogens is 193 g/mol. The standard InChI is InChI=1S/C9H9ClFNO/c10-6-4-9(13)5(3-7(6)11)8-1-2-12-8/h3-4,8,12-13H,1-2H2. The van der Waals surface area contributed by atoms with E-state index in [0.717, 1.165) is 13.0 Å². The van der Waals surface area contributed by atoms with Crippen LogP contribution in [0.1, 0.15) is 18.0 Å². The molecule has 4 heteroatoms. The first-order chi connectivity index (χ1) is 6.18. The zero-order valence-corrected chi connectivity index (χ0v) is 7.61. The van der Waals surface area contributed by atoms with Crippen molar-refractivity contribution in [1.29, 1.82) is 0 Å². The molecule has 1 fully saturated rings. The lowest BCUT2D eigenvalue weighted by molar-refractivity contribution is 0.362. The van der Waals surface area contributed by atoms with E-state index in [0.29, 0.717) is 5.56 Å². The van der Waals surface area contributed by atoms with Crippen molar-refractivity contribution >= 4 is 11.6 Å². The lowest BCUT2D eigenvalue weighted by Gasteiger charge is -2.28. The third-order valence-electron chi connectivity index (χ3n) is 2.27. The molecular formula is C9H9ClFNO. The summed E-state index contributed by atoms with van der Waals surface area (Å²) in [5, 5.41) is 12.5. The van der Waals surface area contributed by atoms with Gasteiger partial charge in [0.15, 0.2) is 0 Å². The van der Waals surface area contributed by atoms with Gasteiger partial charge in [-0.2, -0.15) is 0 Å². The van der Waals surface area contributed by atoms with Crippen molar-refractivity contribution in [3.63, 3.8) is 0 Å². The molecule has 1 atom stereocenters. The van der Waals surface area contributed by atoms with Gasteiger partial charge in [0.2, 0.25) is 0 Å². The van der Waals surface area contributed by atoms with Gasteiger partial charge in [-0.15, -0.1) is 0 Å². The number of nitrogens with one attached hydrogen (secondary N) is 1. The van der Waals surface area contributed by atoms with Gasteiger partial charge >= 0.3 is 0 Å². The highest BCUT2D eigenvalue weighted by Gasteiger charge is 2.22. The quantitative estimate of drug-likeness (QED) is 0.730. The van der Waals surface area contributed by atoms with Gasteiger partial charge in [0.1, 0.15) is 11.6 Å². The van der Waals surface area contributed by atoms with Crippen molar-refractivity contribution in [1.82, 2.24) is 5.32 Å². The minimum atomic E-state index is -0.483. The Morgan fingerprint density at radius 2 is 2.23 bits per heavy atom. The summed E-state index contributed by atoms with van der Waals surface area (Å²) < 4.78 is 13.0. The van der Waals surface area contributed by atoms with Crippen molar-refractivity contribution in [2.45, 2.75) is 12.5 Å². The van der Waals surface area contributed by atoms with Crippen molar-refractivity contribution in [2.24, 2.45) is 0 Å². The van der Waals surface area contributed by atoms with Crippen LogP contribution in [-0.4, -0.2) is 11.7 Å². The zero-order chi connectivity index (χ0) is 9.42. The number of benzene rings is 1. The van der Waals surface area contributed by atoms with E-state index in [-0.39, 0.29) is 16.8 Å². The largest absolute Gasteiger partial charge is 0.508 e. The number of hydrogen-bond donors (Lipinski definition) is 2. The number of aromatic hydroxyl groups is 1. The molecule has 1 aromatic rings. The van der Waals surface area contributed by atoms with Crippen LogP contribution in [0.15, 0.2) is 12.1 Å². The summed E-state index contributed by atoms with van der Waals surface area (Å²) in [5.41, 5.74) is 0.591. The summed E-state index contributed by atoms with van der Waals surface area (Å²) in [5.74, 6) is -0.424. The SMILES string of the molecule is Oc1cc(Cl)c(F)cc1C1CCN1. The predicted molar refractivity (Wildman–Crippen MR) is 48.4 cm³/mol. The molecule has 0 saturated carbocycles. The van der Waals surface area contributed by atoms with Gasteiger partial charge in [-0.3, -0.25) is 0 Å². The summed E-state index contributed by atoms with van der Waals surface area (Å²) in [4.78, 5) is 0. The first-order valence-electron chi connectivity index (χ1n) is 4.10. The first kappa shape index (κ1) is 8.78. The molecule has 1 heterocycles. The molecule has 1 aliphatic heterocycles. The van der Waals surface area contributed by atoms with E-state index in [1.807, 2.05) is 0 Å². The highest BCUT2D eigenvalue weighted by molar-refractivity contribution is 6.30. The molecule has 2 nitrogen and oxygen atoms in total. The maximum atomic E-state index is 13.0. The number of hydrogen-bond acceptors (Lipinski definition) is 2. The van der Waals surface area contributed by atoms with Crippen LogP contribution in [0.4, 0.5) is 4.39 Å². The summed E-state index contributed by atoms with van der Waals surface area (Å²) in [7, 11) is 0. The van der Waals surface area contributed by atoms with Crippen LogP contribution < -0.4 is 5.32 Å². The third kappa shape index (κ3) is 1.49. The topological polar surface area (TPSA) is 32.3 Å². The van der Waals surface area contributed by atoms with Crippen LogP contribution in [0.5, 0.6) is 5.75 Å². The van der Waals surface area contributed by atoms with E-state index in [1.54, 1.807) is 0 Å². The maximum absolute atomic E-state index is 13.0. The molecule has 1 aromatic carbocycles. The molecule has 0 spiro atoms. The van der Waals surface area contributed by atoms with Gasteiger partial charge in [-0.1, -0.05) is 11.6 Å².